The first-order valence-corrected chi connectivity index (χ1v) is 6.70. The molecule has 2 aromatic rings. The minimum Gasteiger partial charge on any atom is -0.484 e. The van der Waals surface area contributed by atoms with Gasteiger partial charge in [0, 0.05) is 18.8 Å². The molecule has 5 nitrogen and oxygen atoms in total. The largest absolute Gasteiger partial charge is 0.484 e. The molecule has 1 aromatic heterocycles. The van der Waals surface area contributed by atoms with Crippen LogP contribution in [0.25, 0.3) is 0 Å². The monoisotopic (exact) mass is 304 g/mol. The molecule has 0 N–H and O–H groups in total. The normalized spacial score (nSPS) is 10.1. The summed E-state index contributed by atoms with van der Waals surface area (Å²) in [5.41, 5.74) is 0.808. The maximum absolute atomic E-state index is 12.8. The fraction of sp³-hybridized carbons (Fsp3) is 0.250. The van der Waals surface area contributed by atoms with E-state index in [9.17, 15) is 9.18 Å². The van der Waals surface area contributed by atoms with Gasteiger partial charge >= 0.3 is 0 Å². The highest BCUT2D eigenvalue weighted by Crippen LogP contribution is 2.16. The fourth-order valence-corrected chi connectivity index (χ4v) is 1.86. The third-order valence-electron chi connectivity index (χ3n) is 3.05. The van der Waals surface area contributed by atoms with Gasteiger partial charge in [0.1, 0.15) is 11.6 Å². The second-order valence-electron chi connectivity index (χ2n) is 4.66. The summed E-state index contributed by atoms with van der Waals surface area (Å²) in [6, 6.07) is 9.15. The minimum atomic E-state index is -0.348. The van der Waals surface area contributed by atoms with Gasteiger partial charge in [0.2, 0.25) is 5.88 Å². The Labute approximate surface area is 128 Å². The van der Waals surface area contributed by atoms with Crippen LogP contribution in [0.1, 0.15) is 5.56 Å². The molecule has 0 unspecified atom stereocenters. The highest BCUT2D eigenvalue weighted by Gasteiger charge is 2.13. The number of benzene rings is 1. The summed E-state index contributed by atoms with van der Waals surface area (Å²) < 4.78 is 23.3. The number of methoxy groups -OCH3 is 1. The first-order chi connectivity index (χ1) is 10.6. The van der Waals surface area contributed by atoms with E-state index in [1.807, 2.05) is 6.07 Å². The summed E-state index contributed by atoms with van der Waals surface area (Å²) >= 11 is 0. The Hall–Kier alpha value is -2.63. The summed E-state index contributed by atoms with van der Waals surface area (Å²) in [7, 11) is 3.20. The number of ether oxygens (including phenoxy) is 2. The zero-order valence-electron chi connectivity index (χ0n) is 12.5. The number of halogens is 1. The van der Waals surface area contributed by atoms with Gasteiger partial charge < -0.3 is 14.4 Å². The highest BCUT2D eigenvalue weighted by atomic mass is 19.1. The predicted octanol–water partition coefficient (Wildman–Crippen LogP) is 2.27. The molecule has 1 heterocycles. The van der Waals surface area contributed by atoms with Crippen LogP contribution in [0, 0.1) is 5.82 Å². The quantitative estimate of drug-likeness (QED) is 0.821. The SMILES string of the molecule is COc1ncccc1CN(C)C(=O)COc1ccc(F)cc1. The van der Waals surface area contributed by atoms with Crippen molar-refractivity contribution >= 4 is 5.91 Å². The number of amides is 1. The average Bonchev–Trinajstić information content (AvgIpc) is 2.54. The van der Waals surface area contributed by atoms with E-state index >= 15 is 0 Å². The van der Waals surface area contributed by atoms with Crippen molar-refractivity contribution in [3.63, 3.8) is 0 Å². The minimum absolute atomic E-state index is 0.120. The van der Waals surface area contributed by atoms with Gasteiger partial charge in [0.25, 0.3) is 5.91 Å². The Morgan fingerprint density at radius 2 is 2.00 bits per heavy atom. The number of rotatable bonds is 6. The molecule has 0 aliphatic heterocycles. The number of hydrogen-bond donors (Lipinski definition) is 0. The lowest BCUT2D eigenvalue weighted by molar-refractivity contribution is -0.132. The van der Waals surface area contributed by atoms with E-state index in [0.717, 1.165) is 5.56 Å². The van der Waals surface area contributed by atoms with Crippen LogP contribution in [0.5, 0.6) is 11.6 Å². The van der Waals surface area contributed by atoms with E-state index in [1.54, 1.807) is 19.3 Å². The summed E-state index contributed by atoms with van der Waals surface area (Å²) in [5, 5.41) is 0. The molecular formula is C16H17FN2O3. The predicted molar refractivity (Wildman–Crippen MR) is 79.2 cm³/mol. The molecular weight excluding hydrogens is 287 g/mol. The topological polar surface area (TPSA) is 51.7 Å². The van der Waals surface area contributed by atoms with Gasteiger partial charge in [-0.25, -0.2) is 9.37 Å². The highest BCUT2D eigenvalue weighted by molar-refractivity contribution is 5.77. The van der Waals surface area contributed by atoms with Crippen molar-refractivity contribution in [3.8, 4) is 11.6 Å². The molecule has 0 saturated heterocycles. The Kier molecular flexibility index (Phi) is 5.30. The number of hydrogen-bond acceptors (Lipinski definition) is 4. The van der Waals surface area contributed by atoms with Gasteiger partial charge in [-0.15, -0.1) is 0 Å². The van der Waals surface area contributed by atoms with Gasteiger partial charge in [-0.2, -0.15) is 0 Å². The van der Waals surface area contributed by atoms with Crippen LogP contribution in [0.3, 0.4) is 0 Å². The van der Waals surface area contributed by atoms with Crippen molar-refractivity contribution < 1.29 is 18.7 Å². The van der Waals surface area contributed by atoms with E-state index in [0.29, 0.717) is 18.2 Å². The van der Waals surface area contributed by atoms with Crippen molar-refractivity contribution in [3.05, 3.63) is 54.0 Å². The third-order valence-corrected chi connectivity index (χ3v) is 3.05. The lowest BCUT2D eigenvalue weighted by Crippen LogP contribution is -2.31. The van der Waals surface area contributed by atoms with Crippen LogP contribution in [0.4, 0.5) is 4.39 Å². The molecule has 0 spiro atoms. The number of likely N-dealkylation sites (N-methyl/N-ethyl adjacent to an activating group) is 1. The lowest BCUT2D eigenvalue weighted by Gasteiger charge is -2.18. The van der Waals surface area contributed by atoms with Crippen molar-refractivity contribution in [2.75, 3.05) is 20.8 Å². The lowest BCUT2D eigenvalue weighted by atomic mass is 10.2. The molecule has 6 heteroatoms. The van der Waals surface area contributed by atoms with Crippen LogP contribution in [-0.4, -0.2) is 36.6 Å². The van der Waals surface area contributed by atoms with Gasteiger partial charge in [-0.05, 0) is 30.3 Å². The van der Waals surface area contributed by atoms with Crippen LogP contribution in [0.15, 0.2) is 42.6 Å². The third kappa shape index (κ3) is 4.18. The van der Waals surface area contributed by atoms with E-state index in [1.165, 1.54) is 36.3 Å². The van der Waals surface area contributed by atoms with Crippen LogP contribution >= 0.6 is 0 Å². The van der Waals surface area contributed by atoms with E-state index in [4.69, 9.17) is 9.47 Å². The van der Waals surface area contributed by atoms with Gasteiger partial charge in [-0.3, -0.25) is 4.79 Å². The second-order valence-corrected chi connectivity index (χ2v) is 4.66. The van der Waals surface area contributed by atoms with E-state index < -0.39 is 0 Å². The Bertz CT molecular complexity index is 632. The van der Waals surface area contributed by atoms with Crippen molar-refractivity contribution in [1.29, 1.82) is 0 Å². The Morgan fingerprint density at radius 1 is 1.27 bits per heavy atom. The van der Waals surface area contributed by atoms with Crippen LogP contribution < -0.4 is 9.47 Å². The molecule has 0 aliphatic rings. The van der Waals surface area contributed by atoms with Crippen molar-refractivity contribution in [2.24, 2.45) is 0 Å². The van der Waals surface area contributed by atoms with Gasteiger partial charge in [-0.1, -0.05) is 6.07 Å². The van der Waals surface area contributed by atoms with Crippen LogP contribution in [0.2, 0.25) is 0 Å². The maximum Gasteiger partial charge on any atom is 0.260 e. The summed E-state index contributed by atoms with van der Waals surface area (Å²) in [6.07, 6.45) is 1.63. The number of carbonyl (C=O) groups is 1. The van der Waals surface area contributed by atoms with Gasteiger partial charge in [0.05, 0.1) is 13.7 Å². The zero-order chi connectivity index (χ0) is 15.9. The maximum atomic E-state index is 12.8. The zero-order valence-corrected chi connectivity index (χ0v) is 12.5. The summed E-state index contributed by atoms with van der Waals surface area (Å²) in [6.45, 7) is 0.243. The first-order valence-electron chi connectivity index (χ1n) is 6.70. The fourth-order valence-electron chi connectivity index (χ4n) is 1.86. The van der Waals surface area contributed by atoms with Crippen LogP contribution in [-0.2, 0) is 11.3 Å². The molecule has 116 valence electrons. The molecule has 0 atom stereocenters. The Balaban J connectivity index is 1.90. The van der Waals surface area contributed by atoms with Crippen molar-refractivity contribution in [1.82, 2.24) is 9.88 Å². The molecule has 0 bridgehead atoms. The molecule has 0 aliphatic carbocycles. The number of carbonyl (C=O) groups excluding carboxylic acids is 1. The van der Waals surface area contributed by atoms with E-state index in [2.05, 4.69) is 4.98 Å². The number of aromatic nitrogens is 1. The second kappa shape index (κ2) is 7.40. The molecule has 0 fully saturated rings. The number of pyridine rings is 1. The molecule has 2 rings (SSSR count). The average molecular weight is 304 g/mol. The smallest absolute Gasteiger partial charge is 0.260 e. The standard InChI is InChI=1S/C16H17FN2O3/c1-19(10-12-4-3-9-18-16(12)21-2)15(20)11-22-14-7-5-13(17)6-8-14/h3-9H,10-11H2,1-2H3. The number of nitrogens with zero attached hydrogens (tertiary/aromatic N) is 2. The molecule has 0 saturated carbocycles. The van der Waals surface area contributed by atoms with Gasteiger partial charge in [0.15, 0.2) is 6.61 Å². The van der Waals surface area contributed by atoms with Crippen molar-refractivity contribution in [2.45, 2.75) is 6.54 Å². The Morgan fingerprint density at radius 3 is 2.68 bits per heavy atom. The first kappa shape index (κ1) is 15.8. The summed E-state index contributed by atoms with van der Waals surface area (Å²) in [5.74, 6) is 0.387. The summed E-state index contributed by atoms with van der Waals surface area (Å²) in [4.78, 5) is 17.7. The molecule has 1 aromatic carbocycles. The molecule has 0 radical (unpaired) electrons. The molecule has 1 amide bonds. The molecule has 22 heavy (non-hydrogen) atoms. The van der Waals surface area contributed by atoms with E-state index in [-0.39, 0.29) is 18.3 Å².